The van der Waals surface area contributed by atoms with Gasteiger partial charge >= 0.3 is 0 Å². The first-order valence-electron chi connectivity index (χ1n) is 9.50. The van der Waals surface area contributed by atoms with Crippen molar-refractivity contribution in [2.24, 2.45) is 5.92 Å². The van der Waals surface area contributed by atoms with Crippen molar-refractivity contribution in [3.8, 4) is 17.0 Å². The van der Waals surface area contributed by atoms with Crippen LogP contribution in [0.15, 0.2) is 30.5 Å². The number of benzene rings is 1. The average molecular weight is 384 g/mol. The predicted octanol–water partition coefficient (Wildman–Crippen LogP) is 4.69. The molecule has 0 saturated heterocycles. The van der Waals surface area contributed by atoms with Crippen LogP contribution < -0.4 is 10.1 Å². The number of ether oxygens (including phenoxy) is 1. The molecule has 1 N–H and O–H groups in total. The number of aryl methyl sites for hydroxylation is 1. The van der Waals surface area contributed by atoms with E-state index in [1.807, 2.05) is 41.8 Å². The molecule has 5 nitrogen and oxygen atoms in total. The maximum atomic E-state index is 12.8. The summed E-state index contributed by atoms with van der Waals surface area (Å²) in [6.07, 6.45) is 6.75. The molecule has 1 amide bonds. The van der Waals surface area contributed by atoms with Gasteiger partial charge in [-0.2, -0.15) is 0 Å². The number of rotatable bonds is 4. The van der Waals surface area contributed by atoms with Gasteiger partial charge in [0, 0.05) is 23.5 Å². The van der Waals surface area contributed by atoms with E-state index in [1.54, 1.807) is 7.11 Å². The van der Waals surface area contributed by atoms with Crippen molar-refractivity contribution in [3.05, 3.63) is 41.0 Å². The lowest BCUT2D eigenvalue weighted by atomic mass is 9.86. The normalized spacial score (nSPS) is 20.0. The first-order chi connectivity index (χ1) is 13.1. The van der Waals surface area contributed by atoms with E-state index < -0.39 is 0 Å². The summed E-state index contributed by atoms with van der Waals surface area (Å²) in [5.74, 6) is 1.41. The first kappa shape index (κ1) is 18.0. The van der Waals surface area contributed by atoms with Gasteiger partial charge in [0.25, 0.3) is 5.91 Å². The third-order valence-corrected chi connectivity index (χ3v) is 6.73. The fourth-order valence-electron chi connectivity index (χ4n) is 3.83. The van der Waals surface area contributed by atoms with Crippen LogP contribution in [0.3, 0.4) is 0 Å². The standard InChI is InChI=1S/C21H25N3O2S/c1-13-6-4-5-7-17(13)22-20(25)19-14(2)24-12-18(23-21(24)27-19)15-8-10-16(26-3)11-9-15/h8-13,17H,4-7H2,1-3H3,(H,22,25)/t13-,17-/m1/s1. The molecular formula is C21H25N3O2S. The van der Waals surface area contributed by atoms with Crippen LogP contribution in [0.2, 0.25) is 0 Å². The average Bonchev–Trinajstić information content (AvgIpc) is 3.23. The second-order valence-corrected chi connectivity index (χ2v) is 8.34. The number of carbonyl (C=O) groups excluding carboxylic acids is 1. The molecule has 0 radical (unpaired) electrons. The Morgan fingerprint density at radius 3 is 2.67 bits per heavy atom. The second-order valence-electron chi connectivity index (χ2n) is 7.37. The Bertz CT molecular complexity index is 958. The zero-order valence-corrected chi connectivity index (χ0v) is 16.8. The SMILES string of the molecule is COc1ccc(-c2cn3c(C)c(C(=O)N[C@@H]4CCCC[C@H]4C)sc3n2)cc1. The van der Waals surface area contributed by atoms with Crippen LogP contribution in [0.4, 0.5) is 0 Å². The van der Waals surface area contributed by atoms with Gasteiger partial charge in [-0.15, -0.1) is 0 Å². The van der Waals surface area contributed by atoms with Crippen LogP contribution in [-0.4, -0.2) is 28.4 Å². The van der Waals surface area contributed by atoms with Crippen LogP contribution in [0.1, 0.15) is 48.0 Å². The molecule has 3 aromatic rings. The Balaban J connectivity index is 1.57. The smallest absolute Gasteiger partial charge is 0.263 e. The molecule has 0 unspecified atom stereocenters. The van der Waals surface area contributed by atoms with Crippen molar-refractivity contribution in [2.75, 3.05) is 7.11 Å². The Hall–Kier alpha value is -2.34. The minimum absolute atomic E-state index is 0.0350. The van der Waals surface area contributed by atoms with Crippen LogP contribution >= 0.6 is 11.3 Å². The van der Waals surface area contributed by atoms with Crippen LogP contribution in [0.25, 0.3) is 16.2 Å². The Labute approximate surface area is 163 Å². The number of hydrogen-bond acceptors (Lipinski definition) is 4. The maximum absolute atomic E-state index is 12.8. The number of thiazole rings is 1. The maximum Gasteiger partial charge on any atom is 0.263 e. The fraction of sp³-hybridized carbons (Fsp3) is 0.429. The van der Waals surface area contributed by atoms with Gasteiger partial charge in [0.2, 0.25) is 0 Å². The van der Waals surface area contributed by atoms with E-state index in [0.717, 1.165) is 39.0 Å². The molecule has 1 aliphatic carbocycles. The van der Waals surface area contributed by atoms with Gasteiger partial charge in [-0.1, -0.05) is 31.1 Å². The number of fused-ring (bicyclic) bond motifs is 1. The molecular weight excluding hydrogens is 358 g/mol. The van der Waals surface area contributed by atoms with E-state index in [4.69, 9.17) is 9.72 Å². The van der Waals surface area contributed by atoms with Crippen molar-refractivity contribution < 1.29 is 9.53 Å². The van der Waals surface area contributed by atoms with Gasteiger partial charge in [-0.3, -0.25) is 9.20 Å². The van der Waals surface area contributed by atoms with E-state index in [2.05, 4.69) is 12.2 Å². The highest BCUT2D eigenvalue weighted by molar-refractivity contribution is 7.19. The van der Waals surface area contributed by atoms with Crippen LogP contribution in [-0.2, 0) is 0 Å². The van der Waals surface area contributed by atoms with Crippen molar-refractivity contribution in [3.63, 3.8) is 0 Å². The van der Waals surface area contributed by atoms with E-state index >= 15 is 0 Å². The number of imidazole rings is 1. The van der Waals surface area contributed by atoms with Gasteiger partial charge < -0.3 is 10.1 Å². The molecule has 6 heteroatoms. The summed E-state index contributed by atoms with van der Waals surface area (Å²) in [5.41, 5.74) is 2.89. The van der Waals surface area contributed by atoms with E-state index in [-0.39, 0.29) is 11.9 Å². The lowest BCUT2D eigenvalue weighted by Gasteiger charge is -2.29. The molecule has 27 heavy (non-hydrogen) atoms. The van der Waals surface area contributed by atoms with Gasteiger partial charge in [0.15, 0.2) is 4.96 Å². The molecule has 0 bridgehead atoms. The second kappa shape index (κ2) is 7.35. The molecule has 0 spiro atoms. The van der Waals surface area contributed by atoms with Crippen molar-refractivity contribution >= 4 is 22.2 Å². The van der Waals surface area contributed by atoms with E-state index in [9.17, 15) is 4.79 Å². The number of nitrogens with one attached hydrogen (secondary N) is 1. The first-order valence-corrected chi connectivity index (χ1v) is 10.3. The highest BCUT2D eigenvalue weighted by atomic mass is 32.1. The molecule has 1 aromatic carbocycles. The number of amides is 1. The number of nitrogens with zero attached hydrogens (tertiary/aromatic N) is 2. The molecule has 1 saturated carbocycles. The fourth-order valence-corrected chi connectivity index (χ4v) is 4.84. The van der Waals surface area contributed by atoms with Crippen molar-refractivity contribution in [2.45, 2.75) is 45.6 Å². The number of carbonyl (C=O) groups is 1. The number of aromatic nitrogens is 2. The zero-order chi connectivity index (χ0) is 19.0. The Morgan fingerprint density at radius 1 is 1.26 bits per heavy atom. The highest BCUT2D eigenvalue weighted by Crippen LogP contribution is 2.29. The van der Waals surface area contributed by atoms with Crippen LogP contribution in [0, 0.1) is 12.8 Å². The molecule has 2 atom stereocenters. The topological polar surface area (TPSA) is 55.6 Å². The van der Waals surface area contributed by atoms with Crippen molar-refractivity contribution in [1.29, 1.82) is 0 Å². The predicted molar refractivity (Wildman–Crippen MR) is 109 cm³/mol. The molecule has 2 aromatic heterocycles. The molecule has 142 valence electrons. The Morgan fingerprint density at radius 2 is 2.00 bits per heavy atom. The summed E-state index contributed by atoms with van der Waals surface area (Å²) in [4.78, 5) is 19.1. The quantitative estimate of drug-likeness (QED) is 0.711. The summed E-state index contributed by atoms with van der Waals surface area (Å²) in [6.45, 7) is 4.22. The molecule has 4 rings (SSSR count). The largest absolute Gasteiger partial charge is 0.497 e. The minimum atomic E-state index is 0.0350. The zero-order valence-electron chi connectivity index (χ0n) is 16.0. The summed E-state index contributed by atoms with van der Waals surface area (Å²) < 4.78 is 7.23. The van der Waals surface area contributed by atoms with E-state index in [0.29, 0.717) is 5.92 Å². The van der Waals surface area contributed by atoms with Crippen LogP contribution in [0.5, 0.6) is 5.75 Å². The van der Waals surface area contributed by atoms with Gasteiger partial charge in [0.1, 0.15) is 10.6 Å². The lowest BCUT2D eigenvalue weighted by molar-refractivity contribution is 0.0913. The summed E-state index contributed by atoms with van der Waals surface area (Å²) in [5, 5.41) is 3.25. The van der Waals surface area contributed by atoms with Gasteiger partial charge in [-0.25, -0.2) is 4.98 Å². The van der Waals surface area contributed by atoms with Gasteiger partial charge in [0.05, 0.1) is 12.8 Å². The molecule has 1 aliphatic rings. The summed E-state index contributed by atoms with van der Waals surface area (Å²) in [6, 6.07) is 8.15. The number of methoxy groups -OCH3 is 1. The molecule has 0 aliphatic heterocycles. The lowest BCUT2D eigenvalue weighted by Crippen LogP contribution is -2.41. The monoisotopic (exact) mass is 383 g/mol. The molecule has 2 heterocycles. The van der Waals surface area contributed by atoms with Crippen molar-refractivity contribution in [1.82, 2.24) is 14.7 Å². The summed E-state index contributed by atoms with van der Waals surface area (Å²) >= 11 is 1.46. The highest BCUT2D eigenvalue weighted by Gasteiger charge is 2.25. The van der Waals surface area contributed by atoms with Gasteiger partial charge in [-0.05, 0) is 49.9 Å². The third kappa shape index (κ3) is 3.46. The molecule has 1 fully saturated rings. The van der Waals surface area contributed by atoms with E-state index in [1.165, 1.54) is 30.6 Å². The number of hydrogen-bond donors (Lipinski definition) is 1. The summed E-state index contributed by atoms with van der Waals surface area (Å²) in [7, 11) is 1.66. The minimum Gasteiger partial charge on any atom is -0.497 e. The third-order valence-electron chi connectivity index (χ3n) is 5.58. The Kier molecular flexibility index (Phi) is 4.91.